The number of carbonyl (C=O) groups excluding carboxylic acids is 2. The van der Waals surface area contributed by atoms with Gasteiger partial charge in [-0.1, -0.05) is 6.92 Å². The number of nitrogens with zero attached hydrogens (tertiary/aromatic N) is 2. The van der Waals surface area contributed by atoms with Crippen LogP contribution < -0.4 is 5.32 Å². The van der Waals surface area contributed by atoms with Crippen molar-refractivity contribution < 1.29 is 14.3 Å². The summed E-state index contributed by atoms with van der Waals surface area (Å²) < 4.78 is 4.64. The molecule has 0 bridgehead atoms. The van der Waals surface area contributed by atoms with Crippen LogP contribution in [0.25, 0.3) is 0 Å². The molecule has 1 aromatic rings. The van der Waals surface area contributed by atoms with Crippen LogP contribution in [0.1, 0.15) is 23.7 Å². The third kappa shape index (κ3) is 4.21. The minimum absolute atomic E-state index is 0.0954. The minimum Gasteiger partial charge on any atom is -0.465 e. The number of benzene rings is 1. The molecule has 1 aliphatic heterocycles. The Hall–Kier alpha value is -2.08. The lowest BCUT2D eigenvalue weighted by Gasteiger charge is -2.34. The number of ether oxygens (including phenoxy) is 1. The van der Waals surface area contributed by atoms with E-state index in [0.717, 1.165) is 39.1 Å². The molecule has 6 heteroatoms. The van der Waals surface area contributed by atoms with Crippen molar-refractivity contribution in [3.8, 4) is 0 Å². The molecule has 1 aliphatic rings. The van der Waals surface area contributed by atoms with E-state index in [1.807, 2.05) is 4.90 Å². The molecule has 0 aromatic heterocycles. The van der Waals surface area contributed by atoms with Gasteiger partial charge in [0.2, 0.25) is 0 Å². The smallest absolute Gasteiger partial charge is 0.337 e. The van der Waals surface area contributed by atoms with Crippen molar-refractivity contribution in [3.05, 3.63) is 29.8 Å². The number of nitrogens with one attached hydrogen (secondary N) is 1. The summed E-state index contributed by atoms with van der Waals surface area (Å²) in [7, 11) is 1.34. The van der Waals surface area contributed by atoms with E-state index >= 15 is 0 Å². The summed E-state index contributed by atoms with van der Waals surface area (Å²) in [5.41, 5.74) is 1.14. The fourth-order valence-electron chi connectivity index (χ4n) is 2.50. The quantitative estimate of drug-likeness (QED) is 0.865. The number of hydrogen-bond acceptors (Lipinski definition) is 4. The number of amides is 2. The molecule has 0 spiro atoms. The summed E-state index contributed by atoms with van der Waals surface area (Å²) in [5.74, 6) is -0.384. The first-order chi connectivity index (χ1) is 10.6. The maximum absolute atomic E-state index is 12.2. The van der Waals surface area contributed by atoms with Crippen LogP contribution in [0.3, 0.4) is 0 Å². The molecule has 0 atom stereocenters. The van der Waals surface area contributed by atoms with Crippen LogP contribution in [0.2, 0.25) is 0 Å². The number of esters is 1. The van der Waals surface area contributed by atoms with E-state index in [1.165, 1.54) is 7.11 Å². The van der Waals surface area contributed by atoms with Crippen molar-refractivity contribution in [3.63, 3.8) is 0 Å². The minimum atomic E-state index is -0.384. The van der Waals surface area contributed by atoms with E-state index in [-0.39, 0.29) is 12.0 Å². The fraction of sp³-hybridized carbons (Fsp3) is 0.500. The maximum atomic E-state index is 12.2. The van der Waals surface area contributed by atoms with Crippen molar-refractivity contribution in [2.24, 2.45) is 0 Å². The lowest BCUT2D eigenvalue weighted by Crippen LogP contribution is -2.50. The Morgan fingerprint density at radius 1 is 1.14 bits per heavy atom. The number of piperazine rings is 1. The van der Waals surface area contributed by atoms with Crippen molar-refractivity contribution in [1.29, 1.82) is 0 Å². The molecule has 2 amide bonds. The van der Waals surface area contributed by atoms with Crippen molar-refractivity contribution in [1.82, 2.24) is 9.80 Å². The summed E-state index contributed by atoms with van der Waals surface area (Å²) in [4.78, 5) is 27.8. The second-order valence-electron chi connectivity index (χ2n) is 5.33. The zero-order chi connectivity index (χ0) is 15.9. The normalized spacial score (nSPS) is 15.5. The first-order valence-electron chi connectivity index (χ1n) is 7.60. The Bertz CT molecular complexity index is 508. The monoisotopic (exact) mass is 305 g/mol. The van der Waals surface area contributed by atoms with Gasteiger partial charge < -0.3 is 15.0 Å². The van der Waals surface area contributed by atoms with Crippen molar-refractivity contribution in [2.75, 3.05) is 45.2 Å². The van der Waals surface area contributed by atoms with E-state index < -0.39 is 0 Å². The highest BCUT2D eigenvalue weighted by Gasteiger charge is 2.20. The molecule has 1 fully saturated rings. The highest BCUT2D eigenvalue weighted by molar-refractivity contribution is 5.92. The van der Waals surface area contributed by atoms with Crippen LogP contribution in [0.4, 0.5) is 10.5 Å². The second kappa shape index (κ2) is 7.79. The standard InChI is InChI=1S/C16H23N3O3/c1-3-8-18-9-11-19(12-10-18)16(21)17-14-6-4-13(5-7-14)15(20)22-2/h4-7H,3,8-12H2,1-2H3,(H,17,21). The van der Waals surface area contributed by atoms with E-state index in [9.17, 15) is 9.59 Å². The fourth-order valence-corrected chi connectivity index (χ4v) is 2.50. The summed E-state index contributed by atoms with van der Waals surface area (Å²) in [6, 6.07) is 6.60. The van der Waals surface area contributed by atoms with Crippen LogP contribution in [-0.4, -0.2) is 61.6 Å². The zero-order valence-electron chi connectivity index (χ0n) is 13.2. The number of hydrogen-bond donors (Lipinski definition) is 1. The number of rotatable bonds is 4. The lowest BCUT2D eigenvalue weighted by atomic mass is 10.2. The van der Waals surface area contributed by atoms with Crippen LogP contribution in [0.5, 0.6) is 0 Å². The van der Waals surface area contributed by atoms with Crippen LogP contribution in [0, 0.1) is 0 Å². The summed E-state index contributed by atoms with van der Waals surface area (Å²) in [6.07, 6.45) is 1.14. The largest absolute Gasteiger partial charge is 0.465 e. The molecule has 1 aromatic carbocycles. The Morgan fingerprint density at radius 3 is 2.32 bits per heavy atom. The van der Waals surface area contributed by atoms with E-state index in [0.29, 0.717) is 11.3 Å². The molecule has 22 heavy (non-hydrogen) atoms. The Kier molecular flexibility index (Phi) is 5.77. The van der Waals surface area contributed by atoms with Crippen LogP contribution >= 0.6 is 0 Å². The maximum Gasteiger partial charge on any atom is 0.337 e. The molecule has 2 rings (SSSR count). The molecule has 0 unspecified atom stereocenters. The lowest BCUT2D eigenvalue weighted by molar-refractivity contribution is 0.0601. The summed E-state index contributed by atoms with van der Waals surface area (Å²) in [5, 5.41) is 2.86. The highest BCUT2D eigenvalue weighted by atomic mass is 16.5. The van der Waals surface area contributed by atoms with E-state index in [2.05, 4.69) is 21.9 Å². The Morgan fingerprint density at radius 2 is 1.77 bits per heavy atom. The molecule has 1 N–H and O–H groups in total. The van der Waals surface area contributed by atoms with Gasteiger partial charge in [0, 0.05) is 31.9 Å². The van der Waals surface area contributed by atoms with Gasteiger partial charge >= 0.3 is 12.0 Å². The number of carbonyl (C=O) groups is 2. The zero-order valence-corrected chi connectivity index (χ0v) is 13.2. The third-order valence-corrected chi connectivity index (χ3v) is 3.76. The number of anilines is 1. The van der Waals surface area contributed by atoms with Gasteiger partial charge in [0.25, 0.3) is 0 Å². The van der Waals surface area contributed by atoms with Gasteiger partial charge in [-0.3, -0.25) is 4.90 Å². The summed E-state index contributed by atoms with van der Waals surface area (Å²) in [6.45, 7) is 6.57. The van der Waals surface area contributed by atoms with Crippen molar-refractivity contribution >= 4 is 17.7 Å². The van der Waals surface area contributed by atoms with Gasteiger partial charge in [-0.25, -0.2) is 9.59 Å². The molecule has 0 radical (unpaired) electrons. The van der Waals surface area contributed by atoms with Gasteiger partial charge in [-0.2, -0.15) is 0 Å². The highest BCUT2D eigenvalue weighted by Crippen LogP contribution is 2.12. The molecule has 1 saturated heterocycles. The van der Waals surface area contributed by atoms with Crippen molar-refractivity contribution in [2.45, 2.75) is 13.3 Å². The average molecular weight is 305 g/mol. The Labute approximate surface area is 131 Å². The second-order valence-corrected chi connectivity index (χ2v) is 5.33. The van der Waals surface area contributed by atoms with E-state index in [4.69, 9.17) is 0 Å². The van der Waals surface area contributed by atoms with Gasteiger partial charge in [-0.05, 0) is 37.2 Å². The average Bonchev–Trinajstić information content (AvgIpc) is 2.55. The predicted molar refractivity (Wildman–Crippen MR) is 85.1 cm³/mol. The van der Waals surface area contributed by atoms with Crippen LogP contribution in [-0.2, 0) is 4.74 Å². The molecule has 6 nitrogen and oxygen atoms in total. The van der Waals surface area contributed by atoms with E-state index in [1.54, 1.807) is 24.3 Å². The first-order valence-corrected chi connectivity index (χ1v) is 7.60. The SMILES string of the molecule is CCCN1CCN(C(=O)Nc2ccc(C(=O)OC)cc2)CC1. The number of urea groups is 1. The molecule has 1 heterocycles. The summed E-state index contributed by atoms with van der Waals surface area (Å²) >= 11 is 0. The molecular formula is C16H23N3O3. The van der Waals surface area contributed by atoms with Gasteiger partial charge in [0.15, 0.2) is 0 Å². The van der Waals surface area contributed by atoms with Gasteiger partial charge in [0.05, 0.1) is 12.7 Å². The molecular weight excluding hydrogens is 282 g/mol. The predicted octanol–water partition coefficient (Wildman–Crippen LogP) is 2.03. The topological polar surface area (TPSA) is 61.9 Å². The van der Waals surface area contributed by atoms with Gasteiger partial charge in [-0.15, -0.1) is 0 Å². The molecule has 120 valence electrons. The Balaban J connectivity index is 1.86. The van der Waals surface area contributed by atoms with Crippen LogP contribution in [0.15, 0.2) is 24.3 Å². The number of methoxy groups -OCH3 is 1. The first kappa shape index (κ1) is 16.3. The molecule has 0 saturated carbocycles. The molecule has 0 aliphatic carbocycles. The van der Waals surface area contributed by atoms with Gasteiger partial charge in [0.1, 0.15) is 0 Å². The third-order valence-electron chi connectivity index (χ3n) is 3.76.